The van der Waals surface area contributed by atoms with E-state index >= 15 is 0 Å². The number of carbonyl (C=O) groups excluding carboxylic acids is 1. The lowest BCUT2D eigenvalue weighted by molar-refractivity contribution is -0.0226. The Morgan fingerprint density at radius 2 is 2.17 bits per heavy atom. The lowest BCUT2D eigenvalue weighted by Gasteiger charge is -2.32. The van der Waals surface area contributed by atoms with Gasteiger partial charge in [0.25, 0.3) is 5.91 Å². The lowest BCUT2D eigenvalue weighted by atomic mass is 10.1. The molecule has 0 N–H and O–H groups in total. The van der Waals surface area contributed by atoms with Gasteiger partial charge in [0.2, 0.25) is 11.7 Å². The molecule has 24 heavy (non-hydrogen) atoms. The van der Waals surface area contributed by atoms with Crippen molar-refractivity contribution in [3.05, 3.63) is 41.5 Å². The molecule has 0 aliphatic carbocycles. The number of ether oxygens (including phenoxy) is 2. The fourth-order valence-corrected chi connectivity index (χ4v) is 2.57. The molecule has 0 saturated carbocycles. The van der Waals surface area contributed by atoms with Gasteiger partial charge in [-0.3, -0.25) is 4.79 Å². The predicted molar refractivity (Wildman–Crippen MR) is 85.7 cm³/mol. The molecule has 1 aliphatic heterocycles. The smallest absolute Gasteiger partial charge is 0.254 e. The molecule has 0 unspecified atom stereocenters. The van der Waals surface area contributed by atoms with E-state index in [1.54, 1.807) is 31.2 Å². The molecule has 2 heterocycles. The van der Waals surface area contributed by atoms with Gasteiger partial charge in [-0.1, -0.05) is 12.1 Å². The second-order valence-corrected chi connectivity index (χ2v) is 5.69. The zero-order chi connectivity index (χ0) is 16.9. The van der Waals surface area contributed by atoms with Crippen molar-refractivity contribution in [3.8, 4) is 5.75 Å². The fourth-order valence-electron chi connectivity index (χ4n) is 2.57. The molecule has 1 atom stereocenters. The van der Waals surface area contributed by atoms with Crippen molar-refractivity contribution in [3.63, 3.8) is 0 Å². The third kappa shape index (κ3) is 3.91. The van der Waals surface area contributed by atoms with Gasteiger partial charge >= 0.3 is 0 Å². The number of hydrogen-bond donors (Lipinski definition) is 0. The molecule has 1 aromatic carbocycles. The number of carbonyl (C=O) groups is 1. The van der Waals surface area contributed by atoms with E-state index in [2.05, 4.69) is 17.1 Å². The summed E-state index contributed by atoms with van der Waals surface area (Å²) in [6.07, 6.45) is 1.04. The van der Waals surface area contributed by atoms with E-state index in [1.165, 1.54) is 0 Å². The van der Waals surface area contributed by atoms with Crippen molar-refractivity contribution >= 4 is 5.91 Å². The van der Waals surface area contributed by atoms with Gasteiger partial charge in [0.05, 0.1) is 12.7 Å². The quantitative estimate of drug-likeness (QED) is 0.836. The highest BCUT2D eigenvalue weighted by atomic mass is 16.5. The summed E-state index contributed by atoms with van der Waals surface area (Å²) in [5.41, 5.74) is 0.648. The third-order valence-corrected chi connectivity index (χ3v) is 3.92. The van der Waals surface area contributed by atoms with Gasteiger partial charge < -0.3 is 18.9 Å². The highest BCUT2D eigenvalue weighted by Crippen LogP contribution is 2.17. The topological polar surface area (TPSA) is 77.7 Å². The van der Waals surface area contributed by atoms with Crippen LogP contribution in [0, 0.1) is 6.92 Å². The van der Waals surface area contributed by atoms with Gasteiger partial charge in [-0.2, -0.15) is 4.98 Å². The summed E-state index contributed by atoms with van der Waals surface area (Å²) >= 11 is 0. The number of nitrogens with zero attached hydrogens (tertiary/aromatic N) is 3. The van der Waals surface area contributed by atoms with Crippen LogP contribution in [0.2, 0.25) is 0 Å². The van der Waals surface area contributed by atoms with Crippen molar-refractivity contribution in [2.24, 2.45) is 0 Å². The van der Waals surface area contributed by atoms with E-state index < -0.39 is 0 Å². The Kier molecular flexibility index (Phi) is 5.10. The van der Waals surface area contributed by atoms with E-state index in [1.807, 2.05) is 4.90 Å². The maximum absolute atomic E-state index is 12.6. The lowest BCUT2D eigenvalue weighted by Crippen LogP contribution is -2.45. The molecule has 7 nitrogen and oxygen atoms in total. The number of amides is 1. The first-order chi connectivity index (χ1) is 11.7. The molecule has 1 aromatic heterocycles. The number of rotatable bonds is 5. The van der Waals surface area contributed by atoms with E-state index in [0.29, 0.717) is 42.7 Å². The Morgan fingerprint density at radius 3 is 2.83 bits per heavy atom. The molecule has 1 amide bonds. The van der Waals surface area contributed by atoms with Crippen LogP contribution in [-0.2, 0) is 11.3 Å². The van der Waals surface area contributed by atoms with Gasteiger partial charge in [-0.15, -0.1) is 0 Å². The molecule has 7 heteroatoms. The van der Waals surface area contributed by atoms with Crippen molar-refractivity contribution < 1.29 is 18.8 Å². The van der Waals surface area contributed by atoms with Crippen molar-refractivity contribution in [2.75, 3.05) is 19.7 Å². The zero-order valence-electron chi connectivity index (χ0n) is 13.9. The Labute approximate surface area is 140 Å². The summed E-state index contributed by atoms with van der Waals surface area (Å²) in [6, 6.07) is 7.10. The Balaban J connectivity index is 1.58. The molecular formula is C17H21N3O4. The van der Waals surface area contributed by atoms with Crippen molar-refractivity contribution in [1.82, 2.24) is 15.0 Å². The molecule has 1 fully saturated rings. The van der Waals surface area contributed by atoms with Gasteiger partial charge in [-0.05, 0) is 30.7 Å². The highest BCUT2D eigenvalue weighted by Gasteiger charge is 2.23. The Morgan fingerprint density at radius 1 is 1.38 bits per heavy atom. The van der Waals surface area contributed by atoms with Gasteiger partial charge in [-0.25, -0.2) is 0 Å². The maximum Gasteiger partial charge on any atom is 0.254 e. The van der Waals surface area contributed by atoms with Crippen LogP contribution in [0.1, 0.15) is 35.4 Å². The SMILES string of the molecule is CC[C@H]1CN(C(=O)c2ccc(OCc3noc(C)n3)cc2)CCO1. The summed E-state index contributed by atoms with van der Waals surface area (Å²) in [6.45, 7) is 5.89. The highest BCUT2D eigenvalue weighted by molar-refractivity contribution is 5.94. The molecule has 0 bridgehead atoms. The van der Waals surface area contributed by atoms with Crippen LogP contribution in [0.3, 0.4) is 0 Å². The third-order valence-electron chi connectivity index (χ3n) is 3.92. The molecule has 3 rings (SSSR count). The maximum atomic E-state index is 12.6. The number of morpholine rings is 1. The normalized spacial score (nSPS) is 17.8. The first-order valence-corrected chi connectivity index (χ1v) is 8.08. The molecule has 1 saturated heterocycles. The average Bonchev–Trinajstić information content (AvgIpc) is 3.05. The monoisotopic (exact) mass is 331 g/mol. The first-order valence-electron chi connectivity index (χ1n) is 8.08. The molecule has 1 aliphatic rings. The summed E-state index contributed by atoms with van der Waals surface area (Å²) in [4.78, 5) is 18.5. The minimum absolute atomic E-state index is 0.0251. The molecule has 128 valence electrons. The van der Waals surface area contributed by atoms with E-state index in [4.69, 9.17) is 14.0 Å². The minimum Gasteiger partial charge on any atom is -0.485 e. The van der Waals surface area contributed by atoms with E-state index in [0.717, 1.165) is 6.42 Å². The predicted octanol–water partition coefficient (Wildman–Crippen LogP) is 2.21. The molecular weight excluding hydrogens is 310 g/mol. The molecule has 0 spiro atoms. The Hall–Kier alpha value is -2.41. The van der Waals surface area contributed by atoms with Gasteiger partial charge in [0.15, 0.2) is 6.61 Å². The summed E-state index contributed by atoms with van der Waals surface area (Å²) in [7, 11) is 0. The summed E-state index contributed by atoms with van der Waals surface area (Å²) in [5.74, 6) is 1.68. The van der Waals surface area contributed by atoms with Crippen molar-refractivity contribution in [2.45, 2.75) is 33.0 Å². The van der Waals surface area contributed by atoms with Crippen LogP contribution < -0.4 is 4.74 Å². The van der Waals surface area contributed by atoms with Crippen LogP contribution in [-0.4, -0.2) is 46.7 Å². The minimum atomic E-state index is 0.0251. The van der Waals surface area contributed by atoms with E-state index in [9.17, 15) is 4.79 Å². The molecule has 2 aromatic rings. The summed E-state index contributed by atoms with van der Waals surface area (Å²) < 4.78 is 16.1. The van der Waals surface area contributed by atoms with Crippen molar-refractivity contribution in [1.29, 1.82) is 0 Å². The van der Waals surface area contributed by atoms with E-state index in [-0.39, 0.29) is 18.6 Å². The van der Waals surface area contributed by atoms with Crippen LogP contribution in [0.25, 0.3) is 0 Å². The molecule has 0 radical (unpaired) electrons. The van der Waals surface area contributed by atoms with Crippen LogP contribution in [0.4, 0.5) is 0 Å². The van der Waals surface area contributed by atoms with Crippen LogP contribution >= 0.6 is 0 Å². The zero-order valence-corrected chi connectivity index (χ0v) is 13.9. The summed E-state index contributed by atoms with van der Waals surface area (Å²) in [5, 5.41) is 3.77. The number of benzene rings is 1. The Bertz CT molecular complexity index is 683. The first kappa shape index (κ1) is 16.4. The van der Waals surface area contributed by atoms with Crippen LogP contribution in [0.15, 0.2) is 28.8 Å². The number of aryl methyl sites for hydroxylation is 1. The number of aromatic nitrogens is 2. The second kappa shape index (κ2) is 7.44. The van der Waals surface area contributed by atoms with Gasteiger partial charge in [0.1, 0.15) is 5.75 Å². The van der Waals surface area contributed by atoms with Gasteiger partial charge in [0, 0.05) is 25.6 Å². The average molecular weight is 331 g/mol. The standard InChI is InChI=1S/C17H21N3O4/c1-3-14-10-20(8-9-22-14)17(21)13-4-6-15(7-5-13)23-11-16-18-12(2)24-19-16/h4-7,14H,3,8-11H2,1-2H3/t14-/m0/s1. The van der Waals surface area contributed by atoms with Crippen LogP contribution in [0.5, 0.6) is 5.75 Å². The largest absolute Gasteiger partial charge is 0.485 e. The second-order valence-electron chi connectivity index (χ2n) is 5.69. The number of hydrogen-bond acceptors (Lipinski definition) is 6. The fraction of sp³-hybridized carbons (Fsp3) is 0.471.